The quantitative estimate of drug-likeness (QED) is 0.178. The second-order valence-corrected chi connectivity index (χ2v) is 10.5. The Kier molecular flexibility index (Phi) is 2.25. The van der Waals surface area contributed by atoms with Gasteiger partial charge < -0.3 is 4.42 Å². The first-order valence-corrected chi connectivity index (χ1v) is 14.0. The highest BCUT2D eigenvalue weighted by atomic mass is 16.3. The number of rotatable bonds is 3. The number of benzene rings is 8. The van der Waals surface area contributed by atoms with Crippen LogP contribution < -0.4 is 0 Å². The van der Waals surface area contributed by atoms with Crippen molar-refractivity contribution in [3.05, 3.63) is 168 Å². The van der Waals surface area contributed by atoms with Crippen molar-refractivity contribution in [2.75, 3.05) is 0 Å². The standard InChI is InChI=1S/C46H30O/c1-28-33-13-2-3-14-35(33)41-26-30(21-23-34(28)41)29-11-10-12-31(25-29)45-37-16-4-6-18-39(37)46(40-19-7-5-17-38(40)45)32-22-24-44-42(27-32)36-15-8-9-20-43(36)47-44/h2-28H,1H3/i1D3,2D,3D,4D,5D,6D,7D,8D,9D,10D,12D,13D,14D,15D,16D,17D,18D,19D,20D,21D,22D,23D,24D,25D,26D,27D,28D. The van der Waals surface area contributed by atoms with Gasteiger partial charge in [-0.3, -0.25) is 0 Å². The molecule has 1 aliphatic carbocycles. The molecule has 0 aliphatic heterocycles. The lowest BCUT2D eigenvalue weighted by molar-refractivity contribution is 0.669. The Balaban J connectivity index is 1.44. The van der Waals surface area contributed by atoms with E-state index in [1.54, 1.807) is 0 Å². The molecular formula is C46H30O. The lowest BCUT2D eigenvalue weighted by atomic mass is 9.85. The summed E-state index contributed by atoms with van der Waals surface area (Å²) in [5, 5.41) is -3.90. The molecule has 0 bridgehead atoms. The van der Waals surface area contributed by atoms with Crippen LogP contribution >= 0.6 is 0 Å². The number of hydrogen-bond donors (Lipinski definition) is 0. The molecule has 0 spiro atoms. The fourth-order valence-electron chi connectivity index (χ4n) is 5.92. The van der Waals surface area contributed by atoms with Crippen LogP contribution in [0.4, 0.5) is 0 Å². The van der Waals surface area contributed by atoms with E-state index in [4.69, 9.17) is 27.7 Å². The van der Waals surface area contributed by atoms with E-state index >= 15 is 0 Å². The molecule has 1 unspecified atom stereocenters. The Morgan fingerprint density at radius 3 is 1.81 bits per heavy atom. The van der Waals surface area contributed by atoms with E-state index in [1.807, 2.05) is 0 Å². The van der Waals surface area contributed by atoms with Gasteiger partial charge in [-0.1, -0.05) is 134 Å². The molecule has 1 atom stereocenters. The minimum atomic E-state index is -3.51. The van der Waals surface area contributed by atoms with Crippen LogP contribution in [0.5, 0.6) is 0 Å². The van der Waals surface area contributed by atoms with Crippen LogP contribution in [0.3, 0.4) is 0 Å². The van der Waals surface area contributed by atoms with Gasteiger partial charge in [-0.15, -0.1) is 0 Å². The summed E-state index contributed by atoms with van der Waals surface area (Å²) in [5.74, 6) is -3.18. The summed E-state index contributed by atoms with van der Waals surface area (Å²) in [6, 6.07) is -22.7. The Bertz CT molecular complexity index is 4200. The Labute approximate surface area is 314 Å². The Hall–Kier alpha value is -5.92. The molecule has 1 nitrogen and oxygen atoms in total. The maximum atomic E-state index is 9.88. The zero-order valence-electron chi connectivity index (χ0n) is 52.5. The molecule has 10 rings (SSSR count). The lowest BCUT2D eigenvalue weighted by Gasteiger charge is -2.18. The summed E-state index contributed by atoms with van der Waals surface area (Å²) in [4.78, 5) is 0. The molecule has 1 aliphatic rings. The maximum Gasteiger partial charge on any atom is 0.135 e. The van der Waals surface area contributed by atoms with E-state index in [0.29, 0.717) is 0 Å². The van der Waals surface area contributed by atoms with Crippen LogP contribution in [0.25, 0.3) is 88.0 Å². The normalized spacial score (nSPS) is 24.4. The lowest BCUT2D eigenvalue weighted by Crippen LogP contribution is -1.91. The average Bonchev–Trinajstić information content (AvgIpc) is 4.08. The highest BCUT2D eigenvalue weighted by molar-refractivity contribution is 6.22. The highest BCUT2D eigenvalue weighted by Gasteiger charge is 2.25. The van der Waals surface area contributed by atoms with Gasteiger partial charge in [0.05, 0.1) is 34.3 Å². The second kappa shape index (κ2) is 10.0. The van der Waals surface area contributed by atoms with E-state index < -0.39 is 263 Å². The van der Waals surface area contributed by atoms with Gasteiger partial charge >= 0.3 is 0 Å². The molecule has 0 fully saturated rings. The highest BCUT2D eigenvalue weighted by Crippen LogP contribution is 2.47. The van der Waals surface area contributed by atoms with Crippen LogP contribution in [0.15, 0.2) is 162 Å². The molecule has 0 saturated carbocycles. The Morgan fingerprint density at radius 1 is 0.468 bits per heavy atom. The molecule has 0 radical (unpaired) electrons. The van der Waals surface area contributed by atoms with Crippen molar-refractivity contribution in [3.63, 3.8) is 0 Å². The molecule has 0 amide bonds. The summed E-state index contributed by atoms with van der Waals surface area (Å²) in [7, 11) is 0. The largest absolute Gasteiger partial charge is 0.456 e. The molecule has 1 heteroatoms. The van der Waals surface area contributed by atoms with Crippen molar-refractivity contribution in [1.29, 1.82) is 0 Å². The van der Waals surface area contributed by atoms with Crippen LogP contribution in [0, 0.1) is 0 Å². The topological polar surface area (TPSA) is 13.1 Å². The zero-order chi connectivity index (χ0) is 56.2. The van der Waals surface area contributed by atoms with Crippen molar-refractivity contribution in [2.45, 2.75) is 12.7 Å². The molecular weight excluding hydrogens is 569 g/mol. The van der Waals surface area contributed by atoms with Crippen molar-refractivity contribution >= 4 is 43.5 Å². The van der Waals surface area contributed by atoms with Crippen molar-refractivity contribution in [2.24, 2.45) is 0 Å². The van der Waals surface area contributed by atoms with Crippen LogP contribution in [-0.4, -0.2) is 0 Å². The van der Waals surface area contributed by atoms with Crippen molar-refractivity contribution in [3.8, 4) is 44.5 Å². The van der Waals surface area contributed by atoms with Gasteiger partial charge in [-0.25, -0.2) is 0 Å². The predicted octanol–water partition coefficient (Wildman–Crippen LogP) is 13.0. The van der Waals surface area contributed by atoms with Crippen LogP contribution in [-0.2, 0) is 0 Å². The van der Waals surface area contributed by atoms with Crippen molar-refractivity contribution in [1.82, 2.24) is 0 Å². The van der Waals surface area contributed by atoms with E-state index in [9.17, 15) is 16.4 Å². The second-order valence-electron chi connectivity index (χ2n) is 10.5. The van der Waals surface area contributed by atoms with E-state index in [0.717, 1.165) is 6.07 Å². The molecule has 8 aromatic carbocycles. The minimum absolute atomic E-state index is 0.437. The fourth-order valence-corrected chi connectivity index (χ4v) is 5.92. The van der Waals surface area contributed by atoms with Crippen LogP contribution in [0.1, 0.15) is 63.6 Å². The van der Waals surface area contributed by atoms with E-state index in [1.165, 1.54) is 0 Å². The third kappa shape index (κ3) is 3.90. The summed E-state index contributed by atoms with van der Waals surface area (Å²) in [6.45, 7) is -3.51. The SMILES string of the molecule is [2H]c1cc(-c2c([2H])c([2H])c3c(c2[2H])-c2c([2H])c([2H])c([2H])c([2H])c2C3([2H])C([2H])([2H])[2H])c([2H])c(-c2c3c([2H])c([2H])c([2H])c([2H])c3c(-c3c([2H])c([2H])c4oc5c([2H])c([2H])c([2H])c([2H])c5c4c3[2H])c3c([2H])c([2H])c([2H])c([2H])c23)c1[2H]. The number of furan rings is 1. The maximum absolute atomic E-state index is 9.88. The van der Waals surface area contributed by atoms with Crippen LogP contribution in [0.2, 0.25) is 0 Å². The molecule has 47 heavy (non-hydrogen) atoms. The van der Waals surface area contributed by atoms with Gasteiger partial charge in [-0.05, 0) is 107 Å². The third-order valence-corrected chi connectivity index (χ3v) is 7.95. The van der Waals surface area contributed by atoms with E-state index in [-0.39, 0.29) is 0 Å². The molecule has 9 aromatic rings. The Morgan fingerprint density at radius 2 is 1.06 bits per heavy atom. The zero-order valence-corrected chi connectivity index (χ0v) is 23.5. The molecule has 1 heterocycles. The first-order valence-electron chi connectivity index (χ1n) is 28.5. The number of fused-ring (bicyclic) bond motifs is 8. The molecule has 220 valence electrons. The first-order chi connectivity index (χ1) is 35.2. The summed E-state index contributed by atoms with van der Waals surface area (Å²) < 4.78 is 267. The molecule has 0 saturated heterocycles. The van der Waals surface area contributed by atoms with Gasteiger partial charge in [0.1, 0.15) is 11.2 Å². The number of hydrogen-bond acceptors (Lipinski definition) is 1. The fraction of sp³-hybridized carbons (Fsp3) is 0.0435. The van der Waals surface area contributed by atoms with Gasteiger partial charge in [0, 0.05) is 22.1 Å². The third-order valence-electron chi connectivity index (χ3n) is 7.95. The predicted molar refractivity (Wildman–Crippen MR) is 198 cm³/mol. The minimum Gasteiger partial charge on any atom is -0.456 e. The smallest absolute Gasteiger partial charge is 0.135 e. The van der Waals surface area contributed by atoms with Gasteiger partial charge in [-0.2, -0.15) is 0 Å². The van der Waals surface area contributed by atoms with Crippen molar-refractivity contribution < 1.29 is 44.2 Å². The van der Waals surface area contributed by atoms with E-state index in [2.05, 4.69) is 0 Å². The van der Waals surface area contributed by atoms with Gasteiger partial charge in [0.25, 0.3) is 0 Å². The average molecular weight is 628 g/mol. The summed E-state index contributed by atoms with van der Waals surface area (Å²) in [6.07, 6.45) is 0. The van der Waals surface area contributed by atoms with Gasteiger partial charge in [0.15, 0.2) is 0 Å². The molecule has 1 aromatic heterocycles. The summed E-state index contributed by atoms with van der Waals surface area (Å²) in [5.41, 5.74) is -8.75. The molecule has 0 N–H and O–H groups in total. The number of para-hydroxylation sites is 1. The first kappa shape index (κ1) is 10.6. The summed E-state index contributed by atoms with van der Waals surface area (Å²) >= 11 is 0. The van der Waals surface area contributed by atoms with Gasteiger partial charge in [0.2, 0.25) is 0 Å². The monoisotopic (exact) mass is 627 g/mol.